The number of aromatic nitrogens is 2. The van der Waals surface area contributed by atoms with Gasteiger partial charge in [-0.25, -0.2) is 14.8 Å². The second-order valence-electron chi connectivity index (χ2n) is 7.11. The van der Waals surface area contributed by atoms with E-state index in [1.54, 1.807) is 18.2 Å². The van der Waals surface area contributed by atoms with E-state index in [0.717, 1.165) is 38.4 Å². The molecule has 0 amide bonds. The van der Waals surface area contributed by atoms with Crippen LogP contribution in [0.4, 0.5) is 5.69 Å². The van der Waals surface area contributed by atoms with E-state index in [-0.39, 0.29) is 5.69 Å². The molecular weight excluding hydrogens is 392 g/mol. The molecule has 31 heavy (non-hydrogen) atoms. The highest BCUT2D eigenvalue weighted by atomic mass is 16.5. The largest absolute Gasteiger partial charge is 0.422 e. The molecule has 0 bridgehead atoms. The Kier molecular flexibility index (Phi) is 6.53. The molecule has 0 atom stereocenters. The van der Waals surface area contributed by atoms with Crippen molar-refractivity contribution in [1.82, 2.24) is 14.9 Å². The van der Waals surface area contributed by atoms with Crippen LogP contribution in [0.25, 0.3) is 0 Å². The molecule has 7 heteroatoms. The highest BCUT2D eigenvalue weighted by Crippen LogP contribution is 2.19. The smallest absolute Gasteiger partial charge is 0.362 e. The number of hydrogen-bond acceptors (Lipinski definition) is 7. The van der Waals surface area contributed by atoms with E-state index in [2.05, 4.69) is 38.8 Å². The number of benzene rings is 2. The van der Waals surface area contributed by atoms with Gasteiger partial charge < -0.3 is 15.2 Å². The lowest BCUT2D eigenvalue weighted by atomic mass is 10.1. The maximum absolute atomic E-state index is 12.2. The quantitative estimate of drug-likeness (QED) is 0.304. The molecule has 1 aliphatic heterocycles. The number of nitrogens with two attached hydrogens (primary N) is 1. The Morgan fingerprint density at radius 3 is 2.58 bits per heavy atom. The van der Waals surface area contributed by atoms with Crippen LogP contribution in [0.5, 0.6) is 5.75 Å². The molecule has 2 aromatic carbocycles. The molecule has 156 valence electrons. The van der Waals surface area contributed by atoms with Gasteiger partial charge >= 0.3 is 5.97 Å². The number of esters is 1. The number of carbonyl (C=O) groups excluding carboxylic acids is 1. The Labute approximate surface area is 180 Å². The van der Waals surface area contributed by atoms with Crippen molar-refractivity contribution in [2.45, 2.75) is 6.54 Å². The molecule has 4 rings (SSSR count). The number of carbonyl (C=O) groups is 1. The zero-order valence-electron chi connectivity index (χ0n) is 17.0. The van der Waals surface area contributed by atoms with Gasteiger partial charge in [0.2, 0.25) is 0 Å². The standard InChI is InChI=1S/C24H22N4O3/c25-21-13-20(14-22(15-21)31-24(29)23-7-8-26-17-27-23)6-3-18-1-4-19(5-2-18)16-28-9-11-30-12-10-28/h1-2,4-5,7-8,13-15,17H,9-12,16,25H2. The first-order chi connectivity index (χ1) is 15.2. The van der Waals surface area contributed by atoms with Gasteiger partial charge in [-0.3, -0.25) is 4.90 Å². The minimum absolute atomic E-state index is 0.169. The van der Waals surface area contributed by atoms with Crippen molar-refractivity contribution in [1.29, 1.82) is 0 Å². The summed E-state index contributed by atoms with van der Waals surface area (Å²) in [4.78, 5) is 22.2. The summed E-state index contributed by atoms with van der Waals surface area (Å²) in [7, 11) is 0. The molecule has 0 unspecified atom stereocenters. The average Bonchev–Trinajstić information content (AvgIpc) is 2.79. The van der Waals surface area contributed by atoms with Gasteiger partial charge in [-0.2, -0.15) is 0 Å². The minimum atomic E-state index is -0.581. The average molecular weight is 414 g/mol. The first-order valence-corrected chi connectivity index (χ1v) is 9.95. The van der Waals surface area contributed by atoms with Gasteiger partial charge in [-0.05, 0) is 35.9 Å². The molecule has 0 radical (unpaired) electrons. The van der Waals surface area contributed by atoms with E-state index in [0.29, 0.717) is 17.0 Å². The van der Waals surface area contributed by atoms with Crippen molar-refractivity contribution >= 4 is 11.7 Å². The molecule has 2 N–H and O–H groups in total. The lowest BCUT2D eigenvalue weighted by Crippen LogP contribution is -2.35. The molecule has 0 spiro atoms. The van der Waals surface area contributed by atoms with Gasteiger partial charge in [-0.15, -0.1) is 0 Å². The van der Waals surface area contributed by atoms with Crippen molar-refractivity contribution < 1.29 is 14.3 Å². The monoisotopic (exact) mass is 414 g/mol. The number of hydrogen-bond donors (Lipinski definition) is 1. The van der Waals surface area contributed by atoms with Gasteiger partial charge in [0, 0.05) is 48.7 Å². The Balaban J connectivity index is 1.43. The molecular formula is C24H22N4O3. The first kappa shape index (κ1) is 20.5. The third kappa shape index (κ3) is 5.89. The fourth-order valence-corrected chi connectivity index (χ4v) is 3.18. The topological polar surface area (TPSA) is 90.6 Å². The first-order valence-electron chi connectivity index (χ1n) is 9.95. The highest BCUT2D eigenvalue weighted by molar-refractivity contribution is 5.89. The van der Waals surface area contributed by atoms with Crippen LogP contribution in [-0.2, 0) is 11.3 Å². The van der Waals surface area contributed by atoms with Crippen LogP contribution in [0, 0.1) is 11.8 Å². The predicted octanol–water partition coefficient (Wildman–Crippen LogP) is 2.51. The fourth-order valence-electron chi connectivity index (χ4n) is 3.18. The molecule has 2 heterocycles. The zero-order valence-corrected chi connectivity index (χ0v) is 17.0. The summed E-state index contributed by atoms with van der Waals surface area (Å²) in [6, 6.07) is 14.7. The maximum atomic E-state index is 12.2. The normalized spacial score (nSPS) is 13.8. The summed E-state index contributed by atoms with van der Waals surface area (Å²) in [6.45, 7) is 4.41. The van der Waals surface area contributed by atoms with Crippen LogP contribution in [0.2, 0.25) is 0 Å². The van der Waals surface area contributed by atoms with Gasteiger partial charge in [0.05, 0.1) is 13.2 Å². The van der Waals surface area contributed by atoms with E-state index >= 15 is 0 Å². The van der Waals surface area contributed by atoms with Crippen molar-refractivity contribution in [3.63, 3.8) is 0 Å². The van der Waals surface area contributed by atoms with E-state index in [1.165, 1.54) is 24.2 Å². The van der Waals surface area contributed by atoms with Crippen molar-refractivity contribution in [3.8, 4) is 17.6 Å². The van der Waals surface area contributed by atoms with Crippen molar-refractivity contribution in [2.75, 3.05) is 32.0 Å². The van der Waals surface area contributed by atoms with E-state index in [9.17, 15) is 4.79 Å². The van der Waals surface area contributed by atoms with Gasteiger partial charge in [0.25, 0.3) is 0 Å². The van der Waals surface area contributed by atoms with Crippen molar-refractivity contribution in [2.24, 2.45) is 0 Å². The lowest BCUT2D eigenvalue weighted by molar-refractivity contribution is 0.0342. The van der Waals surface area contributed by atoms with E-state index < -0.39 is 5.97 Å². The molecule has 1 fully saturated rings. The second kappa shape index (κ2) is 9.85. The number of morpholine rings is 1. The van der Waals surface area contributed by atoms with Crippen LogP contribution in [-0.4, -0.2) is 47.1 Å². The summed E-state index contributed by atoms with van der Waals surface area (Å²) < 4.78 is 10.8. The SMILES string of the molecule is Nc1cc(C#Cc2ccc(CN3CCOCC3)cc2)cc(OC(=O)c2ccncn2)c1. The summed E-state index contributed by atoms with van der Waals surface area (Å²) in [5, 5.41) is 0. The van der Waals surface area contributed by atoms with Crippen LogP contribution in [0.15, 0.2) is 61.1 Å². The molecule has 1 aliphatic rings. The third-order valence-corrected chi connectivity index (χ3v) is 4.75. The van der Waals surface area contributed by atoms with E-state index in [1.807, 2.05) is 12.1 Å². The summed E-state index contributed by atoms with van der Waals surface area (Å²) in [6.07, 6.45) is 2.77. The number of anilines is 1. The maximum Gasteiger partial charge on any atom is 0.362 e. The van der Waals surface area contributed by atoms with Gasteiger partial charge in [0.15, 0.2) is 5.69 Å². The Morgan fingerprint density at radius 2 is 1.84 bits per heavy atom. The van der Waals surface area contributed by atoms with Gasteiger partial charge in [0.1, 0.15) is 12.1 Å². The number of ether oxygens (including phenoxy) is 2. The molecule has 7 nitrogen and oxygen atoms in total. The second-order valence-corrected chi connectivity index (χ2v) is 7.11. The number of nitrogens with zero attached hydrogens (tertiary/aromatic N) is 3. The molecule has 1 aromatic heterocycles. The van der Waals surface area contributed by atoms with Crippen LogP contribution in [0.1, 0.15) is 27.2 Å². The lowest BCUT2D eigenvalue weighted by Gasteiger charge is -2.26. The molecule has 1 saturated heterocycles. The Bertz CT molecular complexity index is 1100. The molecule has 0 saturated carbocycles. The molecule has 0 aliphatic carbocycles. The molecule has 3 aromatic rings. The summed E-state index contributed by atoms with van der Waals surface area (Å²) >= 11 is 0. The zero-order chi connectivity index (χ0) is 21.5. The van der Waals surface area contributed by atoms with Gasteiger partial charge in [-0.1, -0.05) is 24.0 Å². The third-order valence-electron chi connectivity index (χ3n) is 4.75. The van der Waals surface area contributed by atoms with Crippen LogP contribution >= 0.6 is 0 Å². The minimum Gasteiger partial charge on any atom is -0.422 e. The Hall–Kier alpha value is -3.73. The van der Waals surface area contributed by atoms with Crippen LogP contribution in [0.3, 0.4) is 0 Å². The fraction of sp³-hybridized carbons (Fsp3) is 0.208. The summed E-state index contributed by atoms with van der Waals surface area (Å²) in [5.74, 6) is 5.95. The Morgan fingerprint density at radius 1 is 1.06 bits per heavy atom. The predicted molar refractivity (Wildman–Crippen MR) is 116 cm³/mol. The number of rotatable bonds is 4. The summed E-state index contributed by atoms with van der Waals surface area (Å²) in [5.41, 5.74) is 9.38. The highest BCUT2D eigenvalue weighted by Gasteiger charge is 2.11. The van der Waals surface area contributed by atoms with Crippen LogP contribution < -0.4 is 10.5 Å². The number of nitrogen functional groups attached to an aromatic ring is 1. The van der Waals surface area contributed by atoms with E-state index in [4.69, 9.17) is 15.2 Å². The van der Waals surface area contributed by atoms with Crippen molar-refractivity contribution in [3.05, 3.63) is 83.4 Å².